The standard InChI is InChI=1S/C12H21N3O/c1-9(2)13-7-11-8-14-12(15-11)10-3-5-16-6-4-10/h8-10,13H,3-7H2,1-2H3,(H,14,15). The predicted molar refractivity (Wildman–Crippen MR) is 63.4 cm³/mol. The number of imidazole rings is 1. The summed E-state index contributed by atoms with van der Waals surface area (Å²) in [6.07, 6.45) is 4.12. The van der Waals surface area contributed by atoms with Gasteiger partial charge in [-0.25, -0.2) is 4.98 Å². The summed E-state index contributed by atoms with van der Waals surface area (Å²) in [7, 11) is 0. The second kappa shape index (κ2) is 5.46. The first-order chi connectivity index (χ1) is 7.75. The van der Waals surface area contributed by atoms with Crippen molar-refractivity contribution in [2.24, 2.45) is 0 Å². The third kappa shape index (κ3) is 3.06. The Kier molecular flexibility index (Phi) is 3.96. The second-order valence-electron chi connectivity index (χ2n) is 4.72. The van der Waals surface area contributed by atoms with Crippen molar-refractivity contribution in [1.82, 2.24) is 15.3 Å². The quantitative estimate of drug-likeness (QED) is 0.818. The van der Waals surface area contributed by atoms with Gasteiger partial charge in [-0.05, 0) is 12.8 Å². The molecule has 1 aromatic heterocycles. The average molecular weight is 223 g/mol. The summed E-state index contributed by atoms with van der Waals surface area (Å²) in [5, 5.41) is 3.38. The highest BCUT2D eigenvalue weighted by Crippen LogP contribution is 2.24. The fraction of sp³-hybridized carbons (Fsp3) is 0.750. The van der Waals surface area contributed by atoms with Gasteiger partial charge in [0.1, 0.15) is 5.82 Å². The van der Waals surface area contributed by atoms with Crippen LogP contribution in [0.3, 0.4) is 0 Å². The molecule has 1 fully saturated rings. The third-order valence-corrected chi connectivity index (χ3v) is 2.96. The number of H-pyrrole nitrogens is 1. The summed E-state index contributed by atoms with van der Waals surface area (Å²) in [4.78, 5) is 7.88. The van der Waals surface area contributed by atoms with Gasteiger partial charge < -0.3 is 15.0 Å². The molecule has 2 rings (SSSR count). The van der Waals surface area contributed by atoms with E-state index in [1.165, 1.54) is 5.69 Å². The van der Waals surface area contributed by atoms with Crippen LogP contribution in [-0.2, 0) is 11.3 Å². The fourth-order valence-corrected chi connectivity index (χ4v) is 1.96. The van der Waals surface area contributed by atoms with E-state index in [2.05, 4.69) is 29.1 Å². The van der Waals surface area contributed by atoms with Crippen LogP contribution in [0.2, 0.25) is 0 Å². The lowest BCUT2D eigenvalue weighted by atomic mass is 10.00. The van der Waals surface area contributed by atoms with Gasteiger partial charge in [0, 0.05) is 43.6 Å². The number of aromatic nitrogens is 2. The molecule has 4 heteroatoms. The molecular formula is C12H21N3O. The SMILES string of the molecule is CC(C)NCc1cnc(C2CCOCC2)[nH]1. The van der Waals surface area contributed by atoms with Crippen LogP contribution in [0.1, 0.15) is 44.1 Å². The first kappa shape index (κ1) is 11.6. The van der Waals surface area contributed by atoms with E-state index in [0.717, 1.165) is 38.4 Å². The number of ether oxygens (including phenoxy) is 1. The molecule has 1 saturated heterocycles. The topological polar surface area (TPSA) is 49.9 Å². The molecule has 0 unspecified atom stereocenters. The van der Waals surface area contributed by atoms with Crippen LogP contribution >= 0.6 is 0 Å². The van der Waals surface area contributed by atoms with Crippen molar-refractivity contribution in [2.75, 3.05) is 13.2 Å². The zero-order chi connectivity index (χ0) is 11.4. The van der Waals surface area contributed by atoms with Crippen molar-refractivity contribution in [3.8, 4) is 0 Å². The third-order valence-electron chi connectivity index (χ3n) is 2.96. The van der Waals surface area contributed by atoms with Crippen LogP contribution in [-0.4, -0.2) is 29.2 Å². The lowest BCUT2D eigenvalue weighted by Crippen LogP contribution is -2.22. The van der Waals surface area contributed by atoms with Crippen molar-refractivity contribution in [2.45, 2.75) is 45.2 Å². The van der Waals surface area contributed by atoms with E-state index in [1.807, 2.05) is 6.20 Å². The Morgan fingerprint density at radius 1 is 1.50 bits per heavy atom. The van der Waals surface area contributed by atoms with Crippen molar-refractivity contribution in [1.29, 1.82) is 0 Å². The zero-order valence-electron chi connectivity index (χ0n) is 10.1. The van der Waals surface area contributed by atoms with Gasteiger partial charge in [-0.15, -0.1) is 0 Å². The number of nitrogens with zero attached hydrogens (tertiary/aromatic N) is 1. The highest BCUT2D eigenvalue weighted by molar-refractivity contribution is 5.06. The molecule has 90 valence electrons. The molecule has 1 aliphatic heterocycles. The molecule has 0 aromatic carbocycles. The smallest absolute Gasteiger partial charge is 0.109 e. The molecule has 0 amide bonds. The molecule has 1 aromatic rings. The zero-order valence-corrected chi connectivity index (χ0v) is 10.1. The Bertz CT molecular complexity index is 316. The van der Waals surface area contributed by atoms with Crippen LogP contribution in [0.5, 0.6) is 0 Å². The Balaban J connectivity index is 1.90. The molecule has 16 heavy (non-hydrogen) atoms. The Hall–Kier alpha value is -0.870. The number of hydrogen-bond donors (Lipinski definition) is 2. The predicted octanol–water partition coefficient (Wildman–Crippen LogP) is 1.80. The molecule has 1 aliphatic rings. The van der Waals surface area contributed by atoms with E-state index in [0.29, 0.717) is 12.0 Å². The lowest BCUT2D eigenvalue weighted by molar-refractivity contribution is 0.0837. The van der Waals surface area contributed by atoms with E-state index in [1.54, 1.807) is 0 Å². The molecule has 0 radical (unpaired) electrons. The number of aromatic amines is 1. The van der Waals surface area contributed by atoms with Crippen molar-refractivity contribution in [3.05, 3.63) is 17.7 Å². The molecule has 0 saturated carbocycles. The van der Waals surface area contributed by atoms with Gasteiger partial charge in [-0.2, -0.15) is 0 Å². The van der Waals surface area contributed by atoms with Crippen molar-refractivity contribution < 1.29 is 4.74 Å². The maximum Gasteiger partial charge on any atom is 0.109 e. The normalized spacial score (nSPS) is 18.2. The summed E-state index contributed by atoms with van der Waals surface area (Å²) in [5.41, 5.74) is 1.18. The van der Waals surface area contributed by atoms with Crippen LogP contribution in [0.15, 0.2) is 6.20 Å². The molecule has 0 spiro atoms. The van der Waals surface area contributed by atoms with Crippen LogP contribution in [0.25, 0.3) is 0 Å². The Morgan fingerprint density at radius 2 is 2.25 bits per heavy atom. The lowest BCUT2D eigenvalue weighted by Gasteiger charge is -2.19. The minimum absolute atomic E-state index is 0.509. The second-order valence-corrected chi connectivity index (χ2v) is 4.72. The number of rotatable bonds is 4. The van der Waals surface area contributed by atoms with E-state index >= 15 is 0 Å². The molecule has 0 atom stereocenters. The fourth-order valence-electron chi connectivity index (χ4n) is 1.96. The maximum atomic E-state index is 5.35. The summed E-state index contributed by atoms with van der Waals surface area (Å²) in [6.45, 7) is 6.90. The Morgan fingerprint density at radius 3 is 2.94 bits per heavy atom. The van der Waals surface area contributed by atoms with Crippen LogP contribution < -0.4 is 5.32 Å². The summed E-state index contributed by atoms with van der Waals surface area (Å²) < 4.78 is 5.35. The van der Waals surface area contributed by atoms with Gasteiger partial charge >= 0.3 is 0 Å². The summed E-state index contributed by atoms with van der Waals surface area (Å²) >= 11 is 0. The number of hydrogen-bond acceptors (Lipinski definition) is 3. The summed E-state index contributed by atoms with van der Waals surface area (Å²) in [6, 6.07) is 0.509. The Labute approximate surface area is 96.8 Å². The van der Waals surface area contributed by atoms with Crippen LogP contribution in [0.4, 0.5) is 0 Å². The molecule has 2 N–H and O–H groups in total. The van der Waals surface area contributed by atoms with Gasteiger partial charge in [0.15, 0.2) is 0 Å². The van der Waals surface area contributed by atoms with E-state index < -0.39 is 0 Å². The van der Waals surface area contributed by atoms with Crippen molar-refractivity contribution >= 4 is 0 Å². The molecule has 0 aliphatic carbocycles. The average Bonchev–Trinajstić information content (AvgIpc) is 2.76. The van der Waals surface area contributed by atoms with E-state index in [9.17, 15) is 0 Å². The minimum atomic E-state index is 0.509. The van der Waals surface area contributed by atoms with Gasteiger partial charge in [0.05, 0.1) is 0 Å². The molecule has 4 nitrogen and oxygen atoms in total. The first-order valence-corrected chi connectivity index (χ1v) is 6.10. The molecule has 2 heterocycles. The van der Waals surface area contributed by atoms with E-state index in [4.69, 9.17) is 4.74 Å². The highest BCUT2D eigenvalue weighted by atomic mass is 16.5. The monoisotopic (exact) mass is 223 g/mol. The van der Waals surface area contributed by atoms with Crippen molar-refractivity contribution in [3.63, 3.8) is 0 Å². The van der Waals surface area contributed by atoms with Gasteiger partial charge in [0.25, 0.3) is 0 Å². The van der Waals surface area contributed by atoms with Gasteiger partial charge in [-0.3, -0.25) is 0 Å². The van der Waals surface area contributed by atoms with Gasteiger partial charge in [0.2, 0.25) is 0 Å². The van der Waals surface area contributed by atoms with E-state index in [-0.39, 0.29) is 0 Å². The molecule has 0 bridgehead atoms. The minimum Gasteiger partial charge on any atom is -0.381 e. The largest absolute Gasteiger partial charge is 0.381 e. The maximum absolute atomic E-state index is 5.35. The first-order valence-electron chi connectivity index (χ1n) is 6.10. The van der Waals surface area contributed by atoms with Gasteiger partial charge in [-0.1, -0.05) is 13.8 Å². The summed E-state index contributed by atoms with van der Waals surface area (Å²) in [5.74, 6) is 1.69. The number of nitrogens with one attached hydrogen (secondary N) is 2. The highest BCUT2D eigenvalue weighted by Gasteiger charge is 2.18. The van der Waals surface area contributed by atoms with Crippen LogP contribution in [0, 0.1) is 0 Å². The molecular weight excluding hydrogens is 202 g/mol.